The van der Waals surface area contributed by atoms with Crippen molar-refractivity contribution in [2.45, 2.75) is 6.42 Å². The van der Waals surface area contributed by atoms with Crippen LogP contribution in [0, 0.1) is 11.3 Å². The van der Waals surface area contributed by atoms with Crippen molar-refractivity contribution >= 4 is 11.8 Å². The Morgan fingerprint density at radius 1 is 1.50 bits per heavy atom. The third-order valence-electron chi connectivity index (χ3n) is 0.594. The van der Waals surface area contributed by atoms with Gasteiger partial charge in [0.05, 0.1) is 12.7 Å². The van der Waals surface area contributed by atoms with E-state index in [1.54, 1.807) is 11.8 Å². The van der Waals surface area contributed by atoms with Crippen molar-refractivity contribution in [3.05, 3.63) is 0 Å². The van der Waals surface area contributed by atoms with E-state index >= 15 is 0 Å². The average molecular weight is 131 g/mol. The minimum Gasteiger partial charge on any atom is -0.396 e. The van der Waals surface area contributed by atoms with Crippen LogP contribution < -0.4 is 0 Å². The summed E-state index contributed by atoms with van der Waals surface area (Å²) in [6, 6.07) is 2.02. The second-order valence-corrected chi connectivity index (χ2v) is 2.47. The molecule has 0 atom stereocenters. The van der Waals surface area contributed by atoms with E-state index in [1.165, 1.54) is 0 Å². The summed E-state index contributed by atoms with van der Waals surface area (Å²) >= 11 is 1.61. The Kier molecular flexibility index (Phi) is 6.63. The Morgan fingerprint density at radius 3 is 2.75 bits per heavy atom. The van der Waals surface area contributed by atoms with Crippen molar-refractivity contribution in [2.75, 3.05) is 18.1 Å². The molecule has 0 aromatic heterocycles. The number of thioether (sulfide) groups is 1. The van der Waals surface area contributed by atoms with E-state index in [0.717, 1.165) is 11.5 Å². The van der Waals surface area contributed by atoms with Crippen LogP contribution in [0.1, 0.15) is 6.42 Å². The summed E-state index contributed by atoms with van der Waals surface area (Å²) in [5, 5.41) is 16.3. The molecule has 0 unspecified atom stereocenters. The highest BCUT2D eigenvalue weighted by molar-refractivity contribution is 7.99. The number of hydrogen-bond donors (Lipinski definition) is 1. The van der Waals surface area contributed by atoms with Gasteiger partial charge >= 0.3 is 0 Å². The highest BCUT2D eigenvalue weighted by Gasteiger charge is 1.83. The minimum absolute atomic E-state index is 0.218. The smallest absolute Gasteiger partial charge is 0.0630 e. The van der Waals surface area contributed by atoms with Crippen LogP contribution in [0.3, 0.4) is 0 Å². The first-order chi connectivity index (χ1) is 3.91. The molecule has 0 saturated heterocycles. The summed E-state index contributed by atoms with van der Waals surface area (Å²) in [6.45, 7) is 0.218. The van der Waals surface area contributed by atoms with Gasteiger partial charge in [0.25, 0.3) is 0 Å². The molecule has 0 aromatic rings. The lowest BCUT2D eigenvalue weighted by Crippen LogP contribution is -1.86. The van der Waals surface area contributed by atoms with Crippen LogP contribution in [0.4, 0.5) is 0 Å². The van der Waals surface area contributed by atoms with Crippen LogP contribution >= 0.6 is 11.8 Å². The van der Waals surface area contributed by atoms with Gasteiger partial charge in [0.1, 0.15) is 0 Å². The van der Waals surface area contributed by atoms with Crippen LogP contribution in [0.25, 0.3) is 0 Å². The molecule has 0 aliphatic carbocycles. The first-order valence-corrected chi connectivity index (χ1v) is 3.63. The highest BCUT2D eigenvalue weighted by Crippen LogP contribution is 1.98. The molecule has 0 aliphatic heterocycles. The Hall–Kier alpha value is -0.200. The first kappa shape index (κ1) is 7.80. The molecule has 0 aliphatic rings. The van der Waals surface area contributed by atoms with Crippen LogP contribution in [0.5, 0.6) is 0 Å². The molecule has 0 rings (SSSR count). The number of hydrogen-bond acceptors (Lipinski definition) is 3. The van der Waals surface area contributed by atoms with E-state index in [4.69, 9.17) is 10.4 Å². The van der Waals surface area contributed by atoms with Gasteiger partial charge in [0.2, 0.25) is 0 Å². The zero-order valence-corrected chi connectivity index (χ0v) is 5.45. The monoisotopic (exact) mass is 131 g/mol. The molecule has 0 fully saturated rings. The number of nitrogens with zero attached hydrogens (tertiary/aromatic N) is 1. The number of aliphatic hydroxyl groups excluding tert-OH is 1. The SMILES string of the molecule is N#CCCSCCO. The lowest BCUT2D eigenvalue weighted by Gasteiger charge is -1.89. The predicted octanol–water partition coefficient (Wildman–Crippen LogP) is 0.626. The fraction of sp³-hybridized carbons (Fsp3) is 0.800. The van der Waals surface area contributed by atoms with Crippen molar-refractivity contribution in [1.82, 2.24) is 0 Å². The minimum atomic E-state index is 0.218. The first-order valence-electron chi connectivity index (χ1n) is 2.47. The molecule has 2 nitrogen and oxygen atoms in total. The van der Waals surface area contributed by atoms with Crippen molar-refractivity contribution < 1.29 is 5.11 Å². The summed E-state index contributed by atoms with van der Waals surface area (Å²) in [4.78, 5) is 0. The summed E-state index contributed by atoms with van der Waals surface area (Å²) in [6.07, 6.45) is 0.588. The van der Waals surface area contributed by atoms with E-state index in [9.17, 15) is 0 Å². The fourth-order valence-electron chi connectivity index (χ4n) is 0.284. The zero-order chi connectivity index (χ0) is 6.24. The molecule has 1 N–H and O–H groups in total. The van der Waals surface area contributed by atoms with E-state index in [1.807, 2.05) is 6.07 Å². The van der Waals surface area contributed by atoms with E-state index < -0.39 is 0 Å². The largest absolute Gasteiger partial charge is 0.396 e. The summed E-state index contributed by atoms with van der Waals surface area (Å²) in [5.74, 6) is 1.60. The normalized spacial score (nSPS) is 8.50. The van der Waals surface area contributed by atoms with Gasteiger partial charge in [0, 0.05) is 17.9 Å². The number of rotatable bonds is 4. The van der Waals surface area contributed by atoms with Gasteiger partial charge in [-0.05, 0) is 0 Å². The molecule has 3 heteroatoms. The molecule has 0 radical (unpaired) electrons. The van der Waals surface area contributed by atoms with Crippen molar-refractivity contribution in [3.8, 4) is 6.07 Å². The Morgan fingerprint density at radius 2 is 2.25 bits per heavy atom. The van der Waals surface area contributed by atoms with Crippen molar-refractivity contribution in [2.24, 2.45) is 0 Å². The highest BCUT2D eigenvalue weighted by atomic mass is 32.2. The van der Waals surface area contributed by atoms with Crippen molar-refractivity contribution in [3.63, 3.8) is 0 Å². The topological polar surface area (TPSA) is 44.0 Å². The van der Waals surface area contributed by atoms with Gasteiger partial charge in [-0.15, -0.1) is 0 Å². The number of nitriles is 1. The van der Waals surface area contributed by atoms with Gasteiger partial charge in [-0.3, -0.25) is 0 Å². The third-order valence-corrected chi connectivity index (χ3v) is 1.56. The van der Waals surface area contributed by atoms with Gasteiger partial charge in [-0.25, -0.2) is 0 Å². The molecular formula is C5H9NOS. The molecule has 0 bridgehead atoms. The maximum Gasteiger partial charge on any atom is 0.0630 e. The van der Waals surface area contributed by atoms with Crippen LogP contribution in [-0.4, -0.2) is 23.2 Å². The molecule has 0 aromatic carbocycles. The van der Waals surface area contributed by atoms with Crippen molar-refractivity contribution in [1.29, 1.82) is 5.26 Å². The van der Waals surface area contributed by atoms with E-state index in [-0.39, 0.29) is 6.61 Å². The molecule has 0 heterocycles. The summed E-state index contributed by atoms with van der Waals surface area (Å²) in [5.41, 5.74) is 0. The van der Waals surface area contributed by atoms with Crippen LogP contribution in [-0.2, 0) is 0 Å². The molecule has 8 heavy (non-hydrogen) atoms. The van der Waals surface area contributed by atoms with Crippen LogP contribution in [0.15, 0.2) is 0 Å². The summed E-state index contributed by atoms with van der Waals surface area (Å²) in [7, 11) is 0. The zero-order valence-electron chi connectivity index (χ0n) is 4.63. The van der Waals surface area contributed by atoms with Gasteiger partial charge in [0.15, 0.2) is 0 Å². The maximum absolute atomic E-state index is 8.26. The van der Waals surface area contributed by atoms with Gasteiger partial charge < -0.3 is 5.11 Å². The number of aliphatic hydroxyl groups is 1. The Balaban J connectivity index is 2.65. The molecular weight excluding hydrogens is 122 g/mol. The second-order valence-electron chi connectivity index (χ2n) is 1.24. The van der Waals surface area contributed by atoms with Gasteiger partial charge in [-0.1, -0.05) is 0 Å². The molecule has 0 amide bonds. The molecule has 46 valence electrons. The summed E-state index contributed by atoms with van der Waals surface area (Å²) < 4.78 is 0. The lowest BCUT2D eigenvalue weighted by molar-refractivity contribution is 0.322. The van der Waals surface area contributed by atoms with Gasteiger partial charge in [-0.2, -0.15) is 17.0 Å². The fourth-order valence-corrected chi connectivity index (χ4v) is 0.853. The average Bonchev–Trinajstić information content (AvgIpc) is 1.81. The standard InChI is InChI=1S/C5H9NOS/c6-2-1-4-8-5-3-7/h7H,1,3-5H2. The maximum atomic E-state index is 8.26. The van der Waals surface area contributed by atoms with E-state index in [0.29, 0.717) is 6.42 Å². The quantitative estimate of drug-likeness (QED) is 0.569. The lowest BCUT2D eigenvalue weighted by atomic mass is 10.6. The second kappa shape index (κ2) is 6.80. The predicted molar refractivity (Wildman–Crippen MR) is 34.6 cm³/mol. The Bertz CT molecular complexity index is 79.0. The van der Waals surface area contributed by atoms with Crippen LogP contribution in [0.2, 0.25) is 0 Å². The molecule has 0 spiro atoms. The van der Waals surface area contributed by atoms with E-state index in [2.05, 4.69) is 0 Å². The Labute approximate surface area is 53.5 Å². The third kappa shape index (κ3) is 5.80. The molecule has 0 saturated carbocycles.